The molecule has 1 amide bonds. The summed E-state index contributed by atoms with van der Waals surface area (Å²) in [5, 5.41) is 24.0. The molecule has 0 spiro atoms. The topological polar surface area (TPSA) is 91.3 Å². The van der Waals surface area contributed by atoms with Crippen molar-refractivity contribution in [1.29, 1.82) is 0 Å². The van der Waals surface area contributed by atoms with Gasteiger partial charge >= 0.3 is 0 Å². The number of hydrogen-bond donors (Lipinski definition) is 3. The molecule has 3 N–H and O–H groups in total. The molecule has 3 rings (SSSR count). The number of halogens is 1. The van der Waals surface area contributed by atoms with E-state index in [4.69, 9.17) is 21.1 Å². The van der Waals surface area contributed by atoms with Crippen molar-refractivity contribution in [2.45, 2.75) is 38.2 Å². The molecule has 1 aliphatic rings. The Morgan fingerprint density at radius 1 is 1.27 bits per heavy atom. The summed E-state index contributed by atoms with van der Waals surface area (Å²) in [6, 6.07) is 13.9. The molecule has 1 saturated heterocycles. The van der Waals surface area contributed by atoms with Crippen molar-refractivity contribution < 1.29 is 24.5 Å². The Bertz CT molecular complexity index is 859. The lowest BCUT2D eigenvalue weighted by Crippen LogP contribution is -2.48. The molecule has 2 aromatic rings. The Morgan fingerprint density at radius 2 is 1.97 bits per heavy atom. The van der Waals surface area contributed by atoms with Crippen molar-refractivity contribution in [3.05, 3.63) is 53.6 Å². The van der Waals surface area contributed by atoms with Gasteiger partial charge in [0.25, 0.3) is 0 Å². The van der Waals surface area contributed by atoms with Gasteiger partial charge in [-0.1, -0.05) is 23.7 Å². The molecule has 162 valence electrons. The third-order valence-corrected chi connectivity index (χ3v) is 5.09. The molecule has 1 heterocycles. The van der Waals surface area contributed by atoms with E-state index >= 15 is 0 Å². The lowest BCUT2D eigenvalue weighted by molar-refractivity contribution is -0.140. The number of amides is 1. The van der Waals surface area contributed by atoms with Gasteiger partial charge in [0.15, 0.2) is 0 Å². The van der Waals surface area contributed by atoms with Crippen molar-refractivity contribution >= 4 is 23.2 Å². The lowest BCUT2D eigenvalue weighted by Gasteiger charge is -2.32. The number of carbonyl (C=O) groups is 1. The minimum absolute atomic E-state index is 0.0565. The van der Waals surface area contributed by atoms with Crippen LogP contribution < -0.4 is 14.8 Å². The smallest absolute Gasteiger partial charge is 0.221 e. The number of para-hydroxylation sites is 2. The fourth-order valence-electron chi connectivity index (χ4n) is 3.61. The van der Waals surface area contributed by atoms with Crippen LogP contribution in [0.5, 0.6) is 11.5 Å². The Morgan fingerprint density at radius 3 is 2.63 bits per heavy atom. The Labute approximate surface area is 181 Å². The number of nitrogens with zero attached hydrogens (tertiary/aromatic N) is 1. The second-order valence-corrected chi connectivity index (χ2v) is 8.09. The van der Waals surface area contributed by atoms with Crippen LogP contribution in [0.25, 0.3) is 0 Å². The predicted octanol–water partition coefficient (Wildman–Crippen LogP) is 2.90. The van der Waals surface area contributed by atoms with Crippen LogP contribution in [-0.2, 0) is 4.79 Å². The first-order chi connectivity index (χ1) is 14.3. The number of anilines is 1. The summed E-state index contributed by atoms with van der Waals surface area (Å²) < 4.78 is 11.8. The molecular weight excluding hydrogens is 408 g/mol. The van der Waals surface area contributed by atoms with Crippen molar-refractivity contribution in [2.24, 2.45) is 0 Å². The molecule has 8 heteroatoms. The maximum atomic E-state index is 11.4. The van der Waals surface area contributed by atoms with Crippen LogP contribution in [0.15, 0.2) is 48.5 Å². The molecule has 0 aromatic heterocycles. The van der Waals surface area contributed by atoms with Gasteiger partial charge in [0.1, 0.15) is 17.6 Å². The van der Waals surface area contributed by atoms with Crippen LogP contribution in [-0.4, -0.2) is 58.6 Å². The SMILES string of the molecule is CC(=O)Nc1ccccc1OC(C)(O)CN1CC(Oc2ccc(Cl)cc2)CC1CO. The van der Waals surface area contributed by atoms with Crippen molar-refractivity contribution in [3.63, 3.8) is 0 Å². The number of rotatable bonds is 8. The van der Waals surface area contributed by atoms with Crippen LogP contribution in [0.4, 0.5) is 5.69 Å². The molecule has 0 radical (unpaired) electrons. The van der Waals surface area contributed by atoms with Gasteiger partial charge in [-0.25, -0.2) is 0 Å². The maximum absolute atomic E-state index is 11.4. The van der Waals surface area contributed by atoms with Gasteiger partial charge in [-0.3, -0.25) is 9.69 Å². The highest BCUT2D eigenvalue weighted by molar-refractivity contribution is 6.30. The molecule has 1 fully saturated rings. The van der Waals surface area contributed by atoms with Crippen molar-refractivity contribution in [1.82, 2.24) is 4.90 Å². The van der Waals surface area contributed by atoms with Gasteiger partial charge in [0.05, 0.1) is 18.8 Å². The van der Waals surface area contributed by atoms with Crippen LogP contribution in [0.3, 0.4) is 0 Å². The number of hydrogen-bond acceptors (Lipinski definition) is 6. The Hall–Kier alpha value is -2.32. The van der Waals surface area contributed by atoms with Gasteiger partial charge in [-0.2, -0.15) is 0 Å². The minimum atomic E-state index is -1.54. The number of ether oxygens (including phenoxy) is 2. The van der Waals surface area contributed by atoms with E-state index in [1.807, 2.05) is 4.90 Å². The average Bonchev–Trinajstić information content (AvgIpc) is 3.05. The Kier molecular flexibility index (Phi) is 7.20. The third kappa shape index (κ3) is 6.09. The molecule has 0 bridgehead atoms. The molecule has 0 saturated carbocycles. The van der Waals surface area contributed by atoms with Gasteiger partial charge in [-0.15, -0.1) is 0 Å². The number of β-amino-alcohol motifs (C(OH)–C–C–N with tert-alkyl or cyclic N) is 1. The number of aliphatic hydroxyl groups is 2. The quantitative estimate of drug-likeness (QED) is 0.553. The normalized spacial score (nSPS) is 21.1. The van der Waals surface area contributed by atoms with E-state index in [-0.39, 0.29) is 31.2 Å². The fraction of sp³-hybridized carbons (Fsp3) is 0.409. The summed E-state index contributed by atoms with van der Waals surface area (Å²) in [7, 11) is 0. The number of benzene rings is 2. The lowest BCUT2D eigenvalue weighted by atomic mass is 10.2. The second-order valence-electron chi connectivity index (χ2n) is 7.65. The Balaban J connectivity index is 1.65. The van der Waals surface area contributed by atoms with E-state index in [9.17, 15) is 15.0 Å². The number of aliphatic hydroxyl groups excluding tert-OH is 1. The summed E-state index contributed by atoms with van der Waals surface area (Å²) in [5.74, 6) is -0.702. The summed E-state index contributed by atoms with van der Waals surface area (Å²) >= 11 is 5.91. The monoisotopic (exact) mass is 434 g/mol. The summed E-state index contributed by atoms with van der Waals surface area (Å²) in [6.07, 6.45) is 0.489. The molecule has 0 aliphatic carbocycles. The fourth-order valence-corrected chi connectivity index (χ4v) is 3.73. The zero-order valence-corrected chi connectivity index (χ0v) is 17.8. The van der Waals surface area contributed by atoms with E-state index in [2.05, 4.69) is 5.32 Å². The maximum Gasteiger partial charge on any atom is 0.221 e. The van der Waals surface area contributed by atoms with Crippen LogP contribution in [0.2, 0.25) is 5.02 Å². The molecule has 3 unspecified atom stereocenters. The van der Waals surface area contributed by atoms with E-state index in [0.717, 1.165) is 0 Å². The molecule has 1 aliphatic heterocycles. The van der Waals surface area contributed by atoms with Crippen molar-refractivity contribution in [3.8, 4) is 11.5 Å². The number of likely N-dealkylation sites (tertiary alicyclic amines) is 1. The summed E-state index contributed by atoms with van der Waals surface area (Å²) in [4.78, 5) is 13.4. The molecule has 7 nitrogen and oxygen atoms in total. The van der Waals surface area contributed by atoms with E-state index in [0.29, 0.717) is 35.2 Å². The van der Waals surface area contributed by atoms with Crippen molar-refractivity contribution in [2.75, 3.05) is 25.0 Å². The van der Waals surface area contributed by atoms with Gasteiger partial charge in [0.2, 0.25) is 11.7 Å². The van der Waals surface area contributed by atoms with E-state index in [1.165, 1.54) is 6.92 Å². The van der Waals surface area contributed by atoms with Crippen LogP contribution >= 0.6 is 11.6 Å². The highest BCUT2D eigenvalue weighted by Gasteiger charge is 2.38. The molecular formula is C22H27ClN2O5. The minimum Gasteiger partial charge on any atom is -0.489 e. The number of carbonyl (C=O) groups excluding carboxylic acids is 1. The zero-order chi connectivity index (χ0) is 21.7. The molecule has 30 heavy (non-hydrogen) atoms. The number of nitrogens with one attached hydrogen (secondary N) is 1. The highest BCUT2D eigenvalue weighted by atomic mass is 35.5. The molecule has 2 aromatic carbocycles. The average molecular weight is 435 g/mol. The highest BCUT2D eigenvalue weighted by Crippen LogP contribution is 2.30. The van der Waals surface area contributed by atoms with Gasteiger partial charge < -0.3 is 25.0 Å². The molecule has 3 atom stereocenters. The van der Waals surface area contributed by atoms with Crippen LogP contribution in [0, 0.1) is 0 Å². The van der Waals surface area contributed by atoms with Gasteiger partial charge in [0, 0.05) is 37.9 Å². The summed E-state index contributed by atoms with van der Waals surface area (Å²) in [6.45, 7) is 3.60. The van der Waals surface area contributed by atoms with Crippen LogP contribution in [0.1, 0.15) is 20.3 Å². The van der Waals surface area contributed by atoms with E-state index < -0.39 is 5.79 Å². The van der Waals surface area contributed by atoms with Gasteiger partial charge in [-0.05, 0) is 36.4 Å². The standard InChI is InChI=1S/C22H27ClN2O5/c1-15(27)24-20-5-3-4-6-21(20)30-22(2,28)14-25-12-19(11-17(25)13-26)29-18-9-7-16(23)8-10-18/h3-10,17,19,26,28H,11-14H2,1-2H3,(H,24,27). The first-order valence-electron chi connectivity index (χ1n) is 9.81. The first kappa shape index (κ1) is 22.4. The summed E-state index contributed by atoms with van der Waals surface area (Å²) in [5.41, 5.74) is 0.481. The first-order valence-corrected chi connectivity index (χ1v) is 10.2. The van der Waals surface area contributed by atoms with E-state index in [1.54, 1.807) is 55.5 Å². The third-order valence-electron chi connectivity index (χ3n) is 4.84. The second kappa shape index (κ2) is 9.66. The zero-order valence-electron chi connectivity index (χ0n) is 17.0. The predicted molar refractivity (Wildman–Crippen MR) is 115 cm³/mol. The largest absolute Gasteiger partial charge is 0.489 e.